The van der Waals surface area contributed by atoms with Gasteiger partial charge in [-0.25, -0.2) is 0 Å². The number of benzene rings is 1. The summed E-state index contributed by atoms with van der Waals surface area (Å²) in [5.74, 6) is -0.119. The molecule has 110 valence electrons. The lowest BCUT2D eigenvalue weighted by molar-refractivity contribution is -0.153. The standard InChI is InChI=1S/C16H22ClNO2/c1-2-20-15(19)16(10-6-3-7-11-16)18-12-13-8-4-5-9-14(13)17/h4-5,8-9,18H,2-3,6-7,10-12H2,1H3. The Morgan fingerprint density at radius 2 is 2.00 bits per heavy atom. The summed E-state index contributed by atoms with van der Waals surface area (Å²) in [5, 5.41) is 4.15. The normalized spacial score (nSPS) is 17.7. The Bertz CT molecular complexity index is 456. The highest BCUT2D eigenvalue weighted by Crippen LogP contribution is 2.30. The molecule has 0 heterocycles. The Labute approximate surface area is 125 Å². The van der Waals surface area contributed by atoms with E-state index in [2.05, 4.69) is 5.32 Å². The molecule has 0 atom stereocenters. The van der Waals surface area contributed by atoms with E-state index in [-0.39, 0.29) is 5.97 Å². The minimum atomic E-state index is -0.534. The molecule has 1 fully saturated rings. The first-order valence-electron chi connectivity index (χ1n) is 7.33. The number of ether oxygens (including phenoxy) is 1. The molecule has 1 aromatic rings. The third-order valence-electron chi connectivity index (χ3n) is 3.95. The van der Waals surface area contributed by atoms with E-state index in [4.69, 9.17) is 16.3 Å². The zero-order valence-electron chi connectivity index (χ0n) is 12.0. The average Bonchev–Trinajstić information content (AvgIpc) is 2.48. The Kier molecular flexibility index (Phi) is 5.44. The first kappa shape index (κ1) is 15.3. The van der Waals surface area contributed by atoms with Gasteiger partial charge in [0.2, 0.25) is 0 Å². The fraction of sp³-hybridized carbons (Fsp3) is 0.562. The van der Waals surface area contributed by atoms with Gasteiger partial charge in [-0.05, 0) is 31.4 Å². The van der Waals surface area contributed by atoms with E-state index in [0.29, 0.717) is 13.2 Å². The number of esters is 1. The molecule has 1 saturated carbocycles. The number of nitrogens with one attached hydrogen (secondary N) is 1. The summed E-state index contributed by atoms with van der Waals surface area (Å²) < 4.78 is 5.27. The molecule has 3 nitrogen and oxygen atoms in total. The van der Waals surface area contributed by atoms with Crippen LogP contribution in [-0.2, 0) is 16.1 Å². The molecular formula is C16H22ClNO2. The van der Waals surface area contributed by atoms with Gasteiger partial charge in [0.05, 0.1) is 6.61 Å². The van der Waals surface area contributed by atoms with Crippen molar-refractivity contribution in [1.29, 1.82) is 0 Å². The van der Waals surface area contributed by atoms with E-state index in [1.807, 2.05) is 31.2 Å². The number of hydrogen-bond donors (Lipinski definition) is 1. The Hall–Kier alpha value is -1.06. The second-order valence-electron chi connectivity index (χ2n) is 5.31. The molecule has 1 N–H and O–H groups in total. The minimum absolute atomic E-state index is 0.119. The fourth-order valence-corrected chi connectivity index (χ4v) is 2.99. The quantitative estimate of drug-likeness (QED) is 0.842. The van der Waals surface area contributed by atoms with Gasteiger partial charge in [-0.2, -0.15) is 0 Å². The lowest BCUT2D eigenvalue weighted by Gasteiger charge is -2.36. The van der Waals surface area contributed by atoms with Crippen LogP contribution in [0.15, 0.2) is 24.3 Å². The van der Waals surface area contributed by atoms with Crippen molar-refractivity contribution in [3.05, 3.63) is 34.9 Å². The first-order chi connectivity index (χ1) is 9.68. The van der Waals surface area contributed by atoms with Crippen molar-refractivity contribution in [3.63, 3.8) is 0 Å². The summed E-state index contributed by atoms with van der Waals surface area (Å²) in [4.78, 5) is 12.3. The van der Waals surface area contributed by atoms with Crippen molar-refractivity contribution in [2.75, 3.05) is 6.61 Å². The van der Waals surface area contributed by atoms with Crippen LogP contribution in [-0.4, -0.2) is 18.1 Å². The molecule has 4 heteroatoms. The van der Waals surface area contributed by atoms with Gasteiger partial charge in [0, 0.05) is 11.6 Å². The molecule has 0 unspecified atom stereocenters. The van der Waals surface area contributed by atoms with Crippen LogP contribution in [0.3, 0.4) is 0 Å². The van der Waals surface area contributed by atoms with Gasteiger partial charge in [0.15, 0.2) is 0 Å². The highest BCUT2D eigenvalue weighted by Gasteiger charge is 2.40. The van der Waals surface area contributed by atoms with E-state index in [9.17, 15) is 4.79 Å². The van der Waals surface area contributed by atoms with E-state index in [1.165, 1.54) is 6.42 Å². The fourth-order valence-electron chi connectivity index (χ4n) is 2.78. The number of rotatable bonds is 5. The van der Waals surface area contributed by atoms with Crippen LogP contribution in [0.2, 0.25) is 5.02 Å². The molecule has 0 aromatic heterocycles. The second-order valence-corrected chi connectivity index (χ2v) is 5.72. The maximum Gasteiger partial charge on any atom is 0.326 e. The van der Waals surface area contributed by atoms with Crippen molar-refractivity contribution in [3.8, 4) is 0 Å². The summed E-state index contributed by atoms with van der Waals surface area (Å²) in [6.07, 6.45) is 5.00. The maximum absolute atomic E-state index is 12.3. The molecule has 1 aromatic carbocycles. The van der Waals surface area contributed by atoms with E-state index < -0.39 is 5.54 Å². The van der Waals surface area contributed by atoms with Gasteiger partial charge in [-0.3, -0.25) is 10.1 Å². The predicted octanol–water partition coefficient (Wildman–Crippen LogP) is 3.70. The van der Waals surface area contributed by atoms with Gasteiger partial charge in [0.1, 0.15) is 5.54 Å². The zero-order chi connectivity index (χ0) is 14.4. The first-order valence-corrected chi connectivity index (χ1v) is 7.71. The summed E-state index contributed by atoms with van der Waals surface area (Å²) in [7, 11) is 0. The molecular weight excluding hydrogens is 274 g/mol. The molecule has 1 aliphatic rings. The van der Waals surface area contributed by atoms with Crippen molar-refractivity contribution in [2.45, 2.75) is 51.1 Å². The van der Waals surface area contributed by atoms with Gasteiger partial charge in [-0.15, -0.1) is 0 Å². The summed E-state index contributed by atoms with van der Waals surface area (Å²) in [6, 6.07) is 7.72. The molecule has 1 aliphatic carbocycles. The summed E-state index contributed by atoms with van der Waals surface area (Å²) in [6.45, 7) is 2.87. The van der Waals surface area contributed by atoms with Crippen LogP contribution in [0.1, 0.15) is 44.6 Å². The van der Waals surface area contributed by atoms with Crippen LogP contribution >= 0.6 is 11.6 Å². The van der Waals surface area contributed by atoms with E-state index in [1.54, 1.807) is 0 Å². The topological polar surface area (TPSA) is 38.3 Å². The largest absolute Gasteiger partial charge is 0.465 e. The molecule has 0 bridgehead atoms. The Balaban J connectivity index is 2.08. The van der Waals surface area contributed by atoms with Gasteiger partial charge in [-0.1, -0.05) is 49.1 Å². The Morgan fingerprint density at radius 3 is 2.65 bits per heavy atom. The number of carbonyl (C=O) groups is 1. The highest BCUT2D eigenvalue weighted by molar-refractivity contribution is 6.31. The van der Waals surface area contributed by atoms with E-state index in [0.717, 1.165) is 36.3 Å². The molecule has 2 rings (SSSR count). The van der Waals surface area contributed by atoms with Crippen LogP contribution in [0.5, 0.6) is 0 Å². The third kappa shape index (κ3) is 3.53. The van der Waals surface area contributed by atoms with Gasteiger partial charge < -0.3 is 4.74 Å². The Morgan fingerprint density at radius 1 is 1.30 bits per heavy atom. The lowest BCUT2D eigenvalue weighted by Crippen LogP contribution is -2.53. The van der Waals surface area contributed by atoms with Crippen LogP contribution in [0.25, 0.3) is 0 Å². The highest BCUT2D eigenvalue weighted by atomic mass is 35.5. The van der Waals surface area contributed by atoms with Crippen LogP contribution in [0, 0.1) is 0 Å². The number of hydrogen-bond acceptors (Lipinski definition) is 3. The zero-order valence-corrected chi connectivity index (χ0v) is 12.7. The smallest absolute Gasteiger partial charge is 0.326 e. The molecule has 0 spiro atoms. The van der Waals surface area contributed by atoms with Crippen molar-refractivity contribution in [1.82, 2.24) is 5.32 Å². The third-order valence-corrected chi connectivity index (χ3v) is 4.32. The maximum atomic E-state index is 12.3. The molecule has 20 heavy (non-hydrogen) atoms. The molecule has 0 saturated heterocycles. The SMILES string of the molecule is CCOC(=O)C1(NCc2ccccc2Cl)CCCCC1. The summed E-state index contributed by atoms with van der Waals surface area (Å²) >= 11 is 6.17. The van der Waals surface area contributed by atoms with E-state index >= 15 is 0 Å². The van der Waals surface area contributed by atoms with Crippen LogP contribution < -0.4 is 5.32 Å². The van der Waals surface area contributed by atoms with Crippen LogP contribution in [0.4, 0.5) is 0 Å². The van der Waals surface area contributed by atoms with Gasteiger partial charge >= 0.3 is 5.97 Å². The second kappa shape index (κ2) is 7.09. The number of carbonyl (C=O) groups excluding carboxylic acids is 1. The van der Waals surface area contributed by atoms with Crippen molar-refractivity contribution in [2.24, 2.45) is 0 Å². The lowest BCUT2D eigenvalue weighted by atomic mass is 9.81. The minimum Gasteiger partial charge on any atom is -0.465 e. The van der Waals surface area contributed by atoms with Crippen molar-refractivity contribution < 1.29 is 9.53 Å². The monoisotopic (exact) mass is 295 g/mol. The van der Waals surface area contributed by atoms with Gasteiger partial charge in [0.25, 0.3) is 0 Å². The molecule has 0 amide bonds. The molecule has 0 radical (unpaired) electrons. The average molecular weight is 296 g/mol. The summed E-state index contributed by atoms with van der Waals surface area (Å²) in [5.41, 5.74) is 0.483. The molecule has 0 aliphatic heterocycles. The number of halogens is 1. The van der Waals surface area contributed by atoms with Crippen molar-refractivity contribution >= 4 is 17.6 Å². The predicted molar refractivity (Wildman–Crippen MR) is 80.7 cm³/mol.